The molecule has 0 spiro atoms. The second kappa shape index (κ2) is 8.92. The molecule has 2 fully saturated rings. The number of nitrogens with zero attached hydrogens (tertiary/aromatic N) is 3. The Balaban J connectivity index is 1.29. The topological polar surface area (TPSA) is 74.8 Å². The van der Waals surface area contributed by atoms with E-state index in [1.807, 2.05) is 29.3 Å². The molecule has 7 nitrogen and oxygen atoms in total. The molecule has 2 amide bonds. The number of carbonyl (C=O) groups excluding carboxylic acids is 2. The number of pyridine rings is 1. The van der Waals surface area contributed by atoms with E-state index in [1.165, 1.54) is 11.3 Å². The summed E-state index contributed by atoms with van der Waals surface area (Å²) >= 11 is 1.50. The van der Waals surface area contributed by atoms with Crippen molar-refractivity contribution in [2.24, 2.45) is 0 Å². The number of aromatic nitrogens is 1. The Kier molecular flexibility index (Phi) is 6.10. The van der Waals surface area contributed by atoms with Gasteiger partial charge in [-0.2, -0.15) is 0 Å². The fourth-order valence-electron chi connectivity index (χ4n) is 3.70. The van der Waals surface area contributed by atoms with Crippen molar-refractivity contribution in [2.75, 3.05) is 44.2 Å². The van der Waals surface area contributed by atoms with Gasteiger partial charge in [0.05, 0.1) is 16.5 Å². The predicted molar refractivity (Wildman–Crippen MR) is 113 cm³/mol. The third kappa shape index (κ3) is 4.59. The van der Waals surface area contributed by atoms with Crippen LogP contribution in [0.15, 0.2) is 29.8 Å². The van der Waals surface area contributed by atoms with Crippen LogP contribution in [0.1, 0.15) is 38.4 Å². The summed E-state index contributed by atoms with van der Waals surface area (Å²) in [6.45, 7) is 6.09. The molecule has 2 saturated heterocycles. The maximum atomic E-state index is 12.7. The largest absolute Gasteiger partial charge is 0.376 e. The van der Waals surface area contributed by atoms with E-state index in [9.17, 15) is 9.59 Å². The van der Waals surface area contributed by atoms with Crippen LogP contribution in [0, 0.1) is 6.92 Å². The number of amides is 2. The molecule has 2 aromatic rings. The van der Waals surface area contributed by atoms with Gasteiger partial charge in [0.15, 0.2) is 0 Å². The molecule has 8 heteroatoms. The van der Waals surface area contributed by atoms with Crippen molar-refractivity contribution in [1.29, 1.82) is 0 Å². The third-order valence-corrected chi connectivity index (χ3v) is 6.48. The van der Waals surface area contributed by atoms with Crippen molar-refractivity contribution >= 4 is 29.0 Å². The van der Waals surface area contributed by atoms with Gasteiger partial charge in [-0.3, -0.25) is 9.59 Å². The van der Waals surface area contributed by atoms with Crippen molar-refractivity contribution in [3.05, 3.63) is 45.8 Å². The number of hydrogen-bond donors (Lipinski definition) is 1. The van der Waals surface area contributed by atoms with Crippen molar-refractivity contribution in [1.82, 2.24) is 15.2 Å². The molecular weight excluding hydrogens is 388 g/mol. The van der Waals surface area contributed by atoms with Crippen LogP contribution in [-0.2, 0) is 4.74 Å². The molecule has 0 aromatic carbocycles. The summed E-state index contributed by atoms with van der Waals surface area (Å²) in [5, 5.41) is 4.87. The van der Waals surface area contributed by atoms with Crippen LogP contribution in [0.5, 0.6) is 0 Å². The summed E-state index contributed by atoms with van der Waals surface area (Å²) in [6, 6.07) is 5.66. The van der Waals surface area contributed by atoms with Crippen molar-refractivity contribution in [3.63, 3.8) is 0 Å². The summed E-state index contributed by atoms with van der Waals surface area (Å²) in [7, 11) is 0. The lowest BCUT2D eigenvalue weighted by molar-refractivity contribution is 0.0750. The third-order valence-electron chi connectivity index (χ3n) is 5.47. The van der Waals surface area contributed by atoms with Crippen LogP contribution in [-0.4, -0.2) is 67.1 Å². The first-order valence-corrected chi connectivity index (χ1v) is 10.9. The molecule has 2 aliphatic rings. The Bertz CT molecular complexity index is 853. The van der Waals surface area contributed by atoms with Gasteiger partial charge in [-0.05, 0) is 48.9 Å². The average molecular weight is 415 g/mol. The van der Waals surface area contributed by atoms with Gasteiger partial charge in [-0.1, -0.05) is 0 Å². The Labute approximate surface area is 174 Å². The summed E-state index contributed by atoms with van der Waals surface area (Å²) in [5.41, 5.74) is 1.59. The van der Waals surface area contributed by atoms with E-state index in [4.69, 9.17) is 4.74 Å². The number of hydrogen-bond acceptors (Lipinski definition) is 6. The fourth-order valence-corrected chi connectivity index (χ4v) is 4.59. The van der Waals surface area contributed by atoms with Gasteiger partial charge in [-0.25, -0.2) is 4.98 Å². The number of piperazine rings is 1. The second-order valence-electron chi connectivity index (χ2n) is 7.46. The van der Waals surface area contributed by atoms with Crippen molar-refractivity contribution in [2.45, 2.75) is 25.9 Å². The fraction of sp³-hybridized carbons (Fsp3) is 0.476. The van der Waals surface area contributed by atoms with Crippen LogP contribution >= 0.6 is 11.3 Å². The van der Waals surface area contributed by atoms with E-state index in [1.54, 1.807) is 12.3 Å². The molecule has 0 saturated carbocycles. The average Bonchev–Trinajstić information content (AvgIpc) is 3.43. The lowest BCUT2D eigenvalue weighted by Gasteiger charge is -2.35. The minimum Gasteiger partial charge on any atom is -0.376 e. The summed E-state index contributed by atoms with van der Waals surface area (Å²) in [6.07, 6.45) is 3.80. The zero-order chi connectivity index (χ0) is 20.2. The predicted octanol–water partition coefficient (Wildman–Crippen LogP) is 2.32. The molecular formula is C21H26N4O3S. The van der Waals surface area contributed by atoms with Gasteiger partial charge >= 0.3 is 0 Å². The first kappa shape index (κ1) is 19.8. The maximum Gasteiger partial charge on any atom is 0.264 e. The molecule has 2 aliphatic heterocycles. The van der Waals surface area contributed by atoms with E-state index in [2.05, 4.69) is 15.2 Å². The molecule has 1 unspecified atom stereocenters. The number of aryl methyl sites for hydroxylation is 1. The first-order valence-electron chi connectivity index (χ1n) is 10.1. The van der Waals surface area contributed by atoms with E-state index in [0.717, 1.165) is 48.8 Å². The SMILES string of the molecule is Cc1ccsc1C(=O)N1CCN(c2ccc(C(=O)NCC3CCCO3)cn2)CC1. The first-order chi connectivity index (χ1) is 14.1. The van der Waals surface area contributed by atoms with E-state index in [-0.39, 0.29) is 17.9 Å². The van der Waals surface area contributed by atoms with E-state index >= 15 is 0 Å². The van der Waals surface area contributed by atoms with E-state index in [0.29, 0.717) is 25.2 Å². The summed E-state index contributed by atoms with van der Waals surface area (Å²) < 4.78 is 5.53. The lowest BCUT2D eigenvalue weighted by atomic mass is 10.2. The Hall–Kier alpha value is -2.45. The minimum atomic E-state index is -0.124. The number of carbonyl (C=O) groups is 2. The second-order valence-corrected chi connectivity index (χ2v) is 8.38. The molecule has 1 N–H and O–H groups in total. The molecule has 0 radical (unpaired) electrons. The molecule has 1 atom stereocenters. The molecule has 4 heterocycles. The van der Waals surface area contributed by atoms with Gasteiger partial charge < -0.3 is 19.9 Å². The number of nitrogens with one attached hydrogen (secondary N) is 1. The lowest BCUT2D eigenvalue weighted by Crippen LogP contribution is -2.49. The van der Waals surface area contributed by atoms with Gasteiger partial charge in [0.1, 0.15) is 5.82 Å². The summed E-state index contributed by atoms with van der Waals surface area (Å²) in [5.74, 6) is 0.824. The molecule has 4 rings (SSSR count). The highest BCUT2D eigenvalue weighted by Gasteiger charge is 2.24. The Morgan fingerprint density at radius 3 is 2.69 bits per heavy atom. The van der Waals surface area contributed by atoms with Gasteiger partial charge in [0, 0.05) is 45.5 Å². The van der Waals surface area contributed by atoms with Gasteiger partial charge in [-0.15, -0.1) is 11.3 Å². The number of thiophene rings is 1. The highest BCUT2D eigenvalue weighted by Crippen LogP contribution is 2.20. The maximum absolute atomic E-state index is 12.7. The van der Waals surface area contributed by atoms with Crippen LogP contribution in [0.2, 0.25) is 0 Å². The Morgan fingerprint density at radius 1 is 1.24 bits per heavy atom. The van der Waals surface area contributed by atoms with Gasteiger partial charge in [0.2, 0.25) is 0 Å². The molecule has 2 aromatic heterocycles. The van der Waals surface area contributed by atoms with Crippen molar-refractivity contribution < 1.29 is 14.3 Å². The molecule has 29 heavy (non-hydrogen) atoms. The molecule has 154 valence electrons. The quantitative estimate of drug-likeness (QED) is 0.813. The van der Waals surface area contributed by atoms with Gasteiger partial charge in [0.25, 0.3) is 11.8 Å². The minimum absolute atomic E-state index is 0.114. The molecule has 0 aliphatic carbocycles. The number of ether oxygens (including phenoxy) is 1. The van der Waals surface area contributed by atoms with Crippen molar-refractivity contribution in [3.8, 4) is 0 Å². The summed E-state index contributed by atoms with van der Waals surface area (Å²) in [4.78, 5) is 34.3. The van der Waals surface area contributed by atoms with Crippen LogP contribution < -0.4 is 10.2 Å². The Morgan fingerprint density at radius 2 is 2.07 bits per heavy atom. The standard InChI is InChI=1S/C21H26N4O3S/c1-15-6-12-29-19(15)21(27)25-9-7-24(8-10-25)18-5-4-16(13-22-18)20(26)23-14-17-3-2-11-28-17/h4-6,12-13,17H,2-3,7-11,14H2,1H3,(H,23,26). The van der Waals surface area contributed by atoms with E-state index < -0.39 is 0 Å². The highest BCUT2D eigenvalue weighted by molar-refractivity contribution is 7.12. The highest BCUT2D eigenvalue weighted by atomic mass is 32.1. The normalized spacial score (nSPS) is 19.4. The zero-order valence-electron chi connectivity index (χ0n) is 16.6. The monoisotopic (exact) mass is 414 g/mol. The number of anilines is 1. The zero-order valence-corrected chi connectivity index (χ0v) is 17.4. The van der Waals surface area contributed by atoms with Crippen LogP contribution in [0.3, 0.4) is 0 Å². The van der Waals surface area contributed by atoms with Crippen LogP contribution in [0.4, 0.5) is 5.82 Å². The molecule has 0 bridgehead atoms. The smallest absolute Gasteiger partial charge is 0.264 e. The number of rotatable bonds is 5. The van der Waals surface area contributed by atoms with Crippen LogP contribution in [0.25, 0.3) is 0 Å².